The van der Waals surface area contributed by atoms with E-state index in [1.54, 1.807) is 6.20 Å². The highest BCUT2D eigenvalue weighted by Crippen LogP contribution is 2.60. The van der Waals surface area contributed by atoms with E-state index in [1.807, 2.05) is 30.3 Å². The number of imidazole rings is 1. The fourth-order valence-electron chi connectivity index (χ4n) is 6.40. The molecule has 1 aromatic carbocycles. The molecule has 0 unspecified atom stereocenters. The third kappa shape index (κ3) is 2.86. The lowest BCUT2D eigenvalue weighted by Crippen LogP contribution is -2.51. The Kier molecular flexibility index (Phi) is 3.79. The molecule has 1 amide bonds. The van der Waals surface area contributed by atoms with Crippen LogP contribution in [0.15, 0.2) is 36.5 Å². The van der Waals surface area contributed by atoms with Crippen molar-refractivity contribution < 1.29 is 4.79 Å². The highest BCUT2D eigenvalue weighted by Gasteiger charge is 2.54. The van der Waals surface area contributed by atoms with Gasteiger partial charge in [-0.25, -0.2) is 9.97 Å². The van der Waals surface area contributed by atoms with Gasteiger partial charge in [-0.05, 0) is 86.6 Å². The summed E-state index contributed by atoms with van der Waals surface area (Å²) in [6.07, 6.45) is 8.94. The Morgan fingerprint density at radius 2 is 1.69 bits per heavy atom. The van der Waals surface area contributed by atoms with Crippen molar-refractivity contribution >= 4 is 34.2 Å². The number of benzene rings is 1. The smallest absolute Gasteiger partial charge is 0.230 e. The van der Waals surface area contributed by atoms with E-state index >= 15 is 0 Å². The van der Waals surface area contributed by atoms with E-state index in [0.717, 1.165) is 59.6 Å². The van der Waals surface area contributed by atoms with Crippen molar-refractivity contribution in [2.45, 2.75) is 38.5 Å². The first-order chi connectivity index (χ1) is 14.1. The van der Waals surface area contributed by atoms with Gasteiger partial charge in [0.1, 0.15) is 11.3 Å². The van der Waals surface area contributed by atoms with Crippen LogP contribution in [-0.2, 0) is 4.79 Å². The van der Waals surface area contributed by atoms with Crippen molar-refractivity contribution in [2.24, 2.45) is 23.2 Å². The summed E-state index contributed by atoms with van der Waals surface area (Å²) < 4.78 is 0. The molecule has 3 aromatic rings. The second-order valence-corrected chi connectivity index (χ2v) is 9.67. The Balaban J connectivity index is 1.22. The average Bonchev–Trinajstić information content (AvgIpc) is 3.13. The van der Waals surface area contributed by atoms with Crippen LogP contribution in [0.3, 0.4) is 0 Å². The standard InChI is InChI=1S/C23H23ClN4O/c24-20-19-18(5-6-25-20)27-21(28-19)16-1-3-17(4-2-16)26-22(29)23-10-13-7-14(11-23)9-15(8-13)12-23/h1-6,13-15H,7-12H2,(H,26,29)(H,27,28). The molecule has 4 aliphatic carbocycles. The molecule has 4 saturated carbocycles. The maximum absolute atomic E-state index is 13.2. The number of H-pyrrole nitrogens is 1. The van der Waals surface area contributed by atoms with Gasteiger partial charge in [-0.15, -0.1) is 0 Å². The van der Waals surface area contributed by atoms with Crippen LogP contribution in [0.2, 0.25) is 5.15 Å². The van der Waals surface area contributed by atoms with E-state index in [-0.39, 0.29) is 11.3 Å². The molecule has 4 aliphatic rings. The van der Waals surface area contributed by atoms with E-state index in [1.165, 1.54) is 19.3 Å². The fraction of sp³-hybridized carbons (Fsp3) is 0.435. The number of carbonyl (C=O) groups excluding carboxylic acids is 1. The summed E-state index contributed by atoms with van der Waals surface area (Å²) >= 11 is 6.13. The first-order valence-corrected chi connectivity index (χ1v) is 10.9. The van der Waals surface area contributed by atoms with Crippen molar-refractivity contribution in [3.63, 3.8) is 0 Å². The van der Waals surface area contributed by atoms with Crippen LogP contribution < -0.4 is 5.32 Å². The molecule has 0 spiro atoms. The van der Waals surface area contributed by atoms with Gasteiger partial charge in [0.25, 0.3) is 0 Å². The van der Waals surface area contributed by atoms with Gasteiger partial charge in [-0.2, -0.15) is 0 Å². The lowest BCUT2D eigenvalue weighted by Gasteiger charge is -2.55. The fourth-order valence-corrected chi connectivity index (χ4v) is 6.60. The Bertz CT molecular complexity index is 1070. The van der Waals surface area contributed by atoms with Crippen molar-refractivity contribution in [2.75, 3.05) is 5.32 Å². The largest absolute Gasteiger partial charge is 0.338 e. The number of hydrogen-bond donors (Lipinski definition) is 2. The van der Waals surface area contributed by atoms with Gasteiger partial charge in [0.2, 0.25) is 5.91 Å². The van der Waals surface area contributed by atoms with Crippen LogP contribution in [0.4, 0.5) is 5.69 Å². The van der Waals surface area contributed by atoms with Gasteiger partial charge < -0.3 is 10.3 Å². The van der Waals surface area contributed by atoms with Gasteiger partial charge in [0.05, 0.1) is 10.9 Å². The van der Waals surface area contributed by atoms with Crippen LogP contribution in [-0.4, -0.2) is 20.9 Å². The quantitative estimate of drug-likeness (QED) is 0.569. The molecular formula is C23H23ClN4O. The second kappa shape index (κ2) is 6.30. The predicted octanol–water partition coefficient (Wildman–Crippen LogP) is 5.43. The van der Waals surface area contributed by atoms with Crippen LogP contribution in [0, 0.1) is 23.2 Å². The summed E-state index contributed by atoms with van der Waals surface area (Å²) in [6, 6.07) is 9.74. The number of fused-ring (bicyclic) bond motifs is 1. The zero-order valence-electron chi connectivity index (χ0n) is 16.1. The highest BCUT2D eigenvalue weighted by atomic mass is 35.5. The number of pyridine rings is 1. The number of anilines is 1. The van der Waals surface area contributed by atoms with E-state index in [9.17, 15) is 4.79 Å². The lowest BCUT2D eigenvalue weighted by molar-refractivity contribution is -0.140. The number of carbonyl (C=O) groups is 1. The lowest BCUT2D eigenvalue weighted by atomic mass is 9.49. The molecule has 4 fully saturated rings. The molecule has 6 heteroatoms. The molecule has 7 rings (SSSR count). The molecule has 4 bridgehead atoms. The van der Waals surface area contributed by atoms with E-state index in [2.05, 4.69) is 20.3 Å². The van der Waals surface area contributed by atoms with Crippen molar-refractivity contribution in [1.29, 1.82) is 0 Å². The number of halogens is 1. The summed E-state index contributed by atoms with van der Waals surface area (Å²) in [7, 11) is 0. The predicted molar refractivity (Wildman–Crippen MR) is 114 cm³/mol. The zero-order valence-corrected chi connectivity index (χ0v) is 16.9. The van der Waals surface area contributed by atoms with E-state index < -0.39 is 0 Å². The topological polar surface area (TPSA) is 70.7 Å². The van der Waals surface area contributed by atoms with Crippen molar-refractivity contribution in [1.82, 2.24) is 15.0 Å². The number of hydrogen-bond acceptors (Lipinski definition) is 3. The average molecular weight is 407 g/mol. The molecule has 29 heavy (non-hydrogen) atoms. The van der Waals surface area contributed by atoms with Gasteiger partial charge in [-0.1, -0.05) is 11.6 Å². The SMILES string of the molecule is O=C(Nc1ccc(-c2nc3c(Cl)nccc3[nH]2)cc1)C12CC3CC(CC(C3)C1)C2. The molecule has 5 nitrogen and oxygen atoms in total. The monoisotopic (exact) mass is 406 g/mol. The Morgan fingerprint density at radius 3 is 2.31 bits per heavy atom. The third-order valence-electron chi connectivity index (χ3n) is 7.29. The number of rotatable bonds is 3. The van der Waals surface area contributed by atoms with Crippen LogP contribution in [0.5, 0.6) is 0 Å². The molecular weight excluding hydrogens is 384 g/mol. The number of nitrogens with one attached hydrogen (secondary N) is 2. The molecule has 2 N–H and O–H groups in total. The van der Waals surface area contributed by atoms with Gasteiger partial charge in [0, 0.05) is 17.4 Å². The van der Waals surface area contributed by atoms with Crippen molar-refractivity contribution in [3.05, 3.63) is 41.7 Å². The Labute approximate surface area is 174 Å². The zero-order chi connectivity index (χ0) is 19.6. The van der Waals surface area contributed by atoms with Crippen LogP contribution >= 0.6 is 11.6 Å². The van der Waals surface area contributed by atoms with Crippen molar-refractivity contribution in [3.8, 4) is 11.4 Å². The Hall–Kier alpha value is -2.40. The number of nitrogens with zero attached hydrogens (tertiary/aromatic N) is 2. The molecule has 0 radical (unpaired) electrons. The number of aromatic amines is 1. The highest BCUT2D eigenvalue weighted by molar-refractivity contribution is 6.33. The van der Waals surface area contributed by atoms with E-state index in [0.29, 0.717) is 10.7 Å². The summed E-state index contributed by atoms with van der Waals surface area (Å²) in [6.45, 7) is 0. The molecule has 0 aliphatic heterocycles. The third-order valence-corrected chi connectivity index (χ3v) is 7.57. The van der Waals surface area contributed by atoms with Gasteiger partial charge in [0.15, 0.2) is 5.15 Å². The minimum atomic E-state index is -0.129. The molecule has 0 saturated heterocycles. The summed E-state index contributed by atoms with van der Waals surface area (Å²) in [5.41, 5.74) is 3.20. The molecule has 148 valence electrons. The first kappa shape index (κ1) is 17.5. The normalized spacial score (nSPS) is 30.0. The summed E-state index contributed by atoms with van der Waals surface area (Å²) in [5, 5.41) is 3.61. The van der Waals surface area contributed by atoms with Gasteiger partial charge >= 0.3 is 0 Å². The van der Waals surface area contributed by atoms with E-state index in [4.69, 9.17) is 11.6 Å². The maximum Gasteiger partial charge on any atom is 0.230 e. The minimum Gasteiger partial charge on any atom is -0.338 e. The number of amides is 1. The minimum absolute atomic E-state index is 0.129. The maximum atomic E-state index is 13.2. The second-order valence-electron chi connectivity index (χ2n) is 9.31. The van der Waals surface area contributed by atoms with Crippen LogP contribution in [0.25, 0.3) is 22.4 Å². The Morgan fingerprint density at radius 1 is 1.03 bits per heavy atom. The molecule has 2 heterocycles. The first-order valence-electron chi connectivity index (χ1n) is 10.5. The number of aromatic nitrogens is 3. The summed E-state index contributed by atoms with van der Waals surface area (Å²) in [5.74, 6) is 3.27. The summed E-state index contributed by atoms with van der Waals surface area (Å²) in [4.78, 5) is 25.1. The van der Waals surface area contributed by atoms with Crippen LogP contribution in [0.1, 0.15) is 38.5 Å². The molecule has 2 aromatic heterocycles. The molecule has 0 atom stereocenters. The van der Waals surface area contributed by atoms with Gasteiger partial charge in [-0.3, -0.25) is 4.79 Å².